The van der Waals surface area contributed by atoms with Gasteiger partial charge in [0, 0.05) is 39.2 Å². The number of amides is 1. The molecule has 0 aliphatic carbocycles. The highest BCUT2D eigenvalue weighted by atomic mass is 16.5. The highest BCUT2D eigenvalue weighted by Crippen LogP contribution is 2.35. The molecule has 0 aliphatic rings. The Morgan fingerprint density at radius 1 is 1.11 bits per heavy atom. The maximum atomic E-state index is 11.8. The van der Waals surface area contributed by atoms with E-state index in [9.17, 15) is 4.79 Å². The molecule has 1 unspecified atom stereocenters. The maximum Gasteiger partial charge on any atom is 0.221 e. The van der Waals surface area contributed by atoms with Crippen LogP contribution in [0, 0.1) is 13.8 Å². The number of hydrogen-bond acceptors (Lipinski definition) is 7. The van der Waals surface area contributed by atoms with Gasteiger partial charge in [-0.05, 0) is 45.1 Å². The summed E-state index contributed by atoms with van der Waals surface area (Å²) < 4.78 is 8.55. The first kappa shape index (κ1) is 25.1. The van der Waals surface area contributed by atoms with Gasteiger partial charge in [-0.15, -0.1) is 5.10 Å². The average molecular weight is 488 g/mol. The zero-order valence-electron chi connectivity index (χ0n) is 21.7. The lowest BCUT2D eigenvalue weighted by Crippen LogP contribution is -2.17. The van der Waals surface area contributed by atoms with Gasteiger partial charge in [-0.2, -0.15) is 10.2 Å². The normalized spacial score (nSPS) is 11.9. The molecule has 0 bridgehead atoms. The summed E-state index contributed by atoms with van der Waals surface area (Å²) in [6.45, 7) is 6.23. The van der Waals surface area contributed by atoms with Crippen molar-refractivity contribution in [2.24, 2.45) is 0 Å². The van der Waals surface area contributed by atoms with E-state index in [1.54, 1.807) is 0 Å². The summed E-state index contributed by atoms with van der Waals surface area (Å²) in [5.74, 6) is 1.17. The van der Waals surface area contributed by atoms with Crippen molar-refractivity contribution in [3.63, 3.8) is 0 Å². The lowest BCUT2D eigenvalue weighted by atomic mass is 10.1. The summed E-state index contributed by atoms with van der Waals surface area (Å²) in [6.07, 6.45) is 0.569. The smallest absolute Gasteiger partial charge is 0.221 e. The van der Waals surface area contributed by atoms with E-state index >= 15 is 0 Å². The molecule has 0 radical (unpaired) electrons. The number of benzene rings is 2. The predicted molar refractivity (Wildman–Crippen MR) is 143 cm³/mol. The first-order valence-electron chi connectivity index (χ1n) is 12.0. The fourth-order valence-corrected chi connectivity index (χ4v) is 4.30. The second-order valence-electron chi connectivity index (χ2n) is 9.00. The van der Waals surface area contributed by atoms with Gasteiger partial charge < -0.3 is 20.3 Å². The third-order valence-electron chi connectivity index (χ3n) is 6.01. The summed E-state index contributed by atoms with van der Waals surface area (Å²) >= 11 is 0. The van der Waals surface area contributed by atoms with Crippen LogP contribution < -0.4 is 20.3 Å². The molecule has 2 aromatic carbocycles. The van der Waals surface area contributed by atoms with Crippen LogP contribution in [0.25, 0.3) is 16.6 Å². The van der Waals surface area contributed by atoms with Crippen LogP contribution in [0.1, 0.15) is 36.4 Å². The molecule has 0 spiro atoms. The van der Waals surface area contributed by atoms with Crippen molar-refractivity contribution in [2.75, 3.05) is 37.9 Å². The molecule has 4 aromatic rings. The van der Waals surface area contributed by atoms with Gasteiger partial charge in [0.05, 0.1) is 16.8 Å². The lowest BCUT2D eigenvalue weighted by molar-refractivity contribution is -0.114. The molecule has 9 heteroatoms. The van der Waals surface area contributed by atoms with Gasteiger partial charge in [-0.1, -0.05) is 30.3 Å². The lowest BCUT2D eigenvalue weighted by Gasteiger charge is -2.22. The molecule has 0 saturated carbocycles. The van der Waals surface area contributed by atoms with Crippen LogP contribution in [-0.2, 0) is 4.79 Å². The standard InChI is InChI=1S/C27H33N7O2/c1-17-25-18(2)34(32-26(25)27(31-30-17)33(5)6)22-13-12-21(29-19(3)35)16-24(22)36-23(14-15-28-4)20-10-8-7-9-11-20/h7-13,16,23,28H,14-15H2,1-6H3,(H,29,35). The molecular formula is C27H33N7O2. The van der Waals surface area contributed by atoms with Crippen molar-refractivity contribution < 1.29 is 9.53 Å². The van der Waals surface area contributed by atoms with Gasteiger partial charge in [0.15, 0.2) is 5.82 Å². The van der Waals surface area contributed by atoms with Crippen LogP contribution in [0.5, 0.6) is 5.75 Å². The van der Waals surface area contributed by atoms with Crippen molar-refractivity contribution >= 4 is 28.3 Å². The summed E-state index contributed by atoms with van der Waals surface area (Å²) in [6, 6.07) is 15.8. The SMILES string of the molecule is CNCCC(Oc1cc(NC(C)=O)ccc1-n1nc2c(N(C)C)nnc(C)c2c1C)c1ccccc1. The molecule has 188 valence electrons. The molecule has 2 aromatic heterocycles. The third-order valence-corrected chi connectivity index (χ3v) is 6.01. The molecule has 4 rings (SSSR count). The number of carbonyl (C=O) groups is 1. The minimum Gasteiger partial charge on any atom is -0.483 e. The van der Waals surface area contributed by atoms with Crippen LogP contribution in [0.15, 0.2) is 48.5 Å². The van der Waals surface area contributed by atoms with E-state index in [0.29, 0.717) is 17.3 Å². The first-order valence-corrected chi connectivity index (χ1v) is 12.0. The number of carbonyl (C=O) groups excluding carboxylic acids is 1. The monoisotopic (exact) mass is 487 g/mol. The number of rotatable bonds is 9. The van der Waals surface area contributed by atoms with E-state index in [1.807, 2.05) is 81.0 Å². The Labute approximate surface area is 211 Å². The highest BCUT2D eigenvalue weighted by molar-refractivity contribution is 5.92. The Morgan fingerprint density at radius 3 is 2.53 bits per heavy atom. The van der Waals surface area contributed by atoms with E-state index in [2.05, 4.69) is 33.0 Å². The zero-order chi connectivity index (χ0) is 25.8. The van der Waals surface area contributed by atoms with E-state index in [1.165, 1.54) is 6.92 Å². The molecule has 1 atom stereocenters. The van der Waals surface area contributed by atoms with Gasteiger partial charge in [0.25, 0.3) is 0 Å². The molecule has 36 heavy (non-hydrogen) atoms. The Kier molecular flexibility index (Phi) is 7.49. The number of hydrogen-bond donors (Lipinski definition) is 2. The third kappa shape index (κ3) is 5.16. The Morgan fingerprint density at radius 2 is 1.86 bits per heavy atom. The number of aromatic nitrogens is 4. The Bertz CT molecular complexity index is 1370. The first-order chi connectivity index (χ1) is 17.3. The second-order valence-corrected chi connectivity index (χ2v) is 9.00. The van der Waals surface area contributed by atoms with Crippen molar-refractivity contribution in [1.29, 1.82) is 0 Å². The van der Waals surface area contributed by atoms with Crippen LogP contribution in [-0.4, -0.2) is 53.6 Å². The van der Waals surface area contributed by atoms with E-state index in [0.717, 1.165) is 46.5 Å². The number of nitrogens with zero attached hydrogens (tertiary/aromatic N) is 5. The van der Waals surface area contributed by atoms with Crippen molar-refractivity contribution in [3.05, 3.63) is 65.5 Å². The topological polar surface area (TPSA) is 97.2 Å². The Balaban J connectivity index is 1.87. The molecule has 1 amide bonds. The molecule has 0 saturated heterocycles. The molecule has 2 heterocycles. The minimum absolute atomic E-state index is 0.145. The Hall–Kier alpha value is -3.98. The van der Waals surface area contributed by atoms with E-state index in [4.69, 9.17) is 9.84 Å². The largest absolute Gasteiger partial charge is 0.483 e. The maximum absolute atomic E-state index is 11.8. The van der Waals surface area contributed by atoms with E-state index in [-0.39, 0.29) is 12.0 Å². The summed E-state index contributed by atoms with van der Waals surface area (Å²) in [5.41, 5.74) is 5.02. The van der Waals surface area contributed by atoms with Crippen LogP contribution in [0.2, 0.25) is 0 Å². The van der Waals surface area contributed by atoms with Crippen LogP contribution in [0.3, 0.4) is 0 Å². The van der Waals surface area contributed by atoms with E-state index < -0.39 is 0 Å². The van der Waals surface area contributed by atoms with Crippen LogP contribution in [0.4, 0.5) is 11.5 Å². The van der Waals surface area contributed by atoms with Gasteiger partial charge in [0.2, 0.25) is 5.91 Å². The van der Waals surface area contributed by atoms with Gasteiger partial charge >= 0.3 is 0 Å². The summed E-state index contributed by atoms with van der Waals surface area (Å²) in [7, 11) is 5.78. The van der Waals surface area contributed by atoms with Gasteiger partial charge in [-0.3, -0.25) is 4.79 Å². The molecule has 2 N–H and O–H groups in total. The van der Waals surface area contributed by atoms with Crippen molar-refractivity contribution in [1.82, 2.24) is 25.3 Å². The minimum atomic E-state index is -0.197. The zero-order valence-corrected chi connectivity index (χ0v) is 21.7. The van der Waals surface area contributed by atoms with Gasteiger partial charge in [-0.25, -0.2) is 4.68 Å². The van der Waals surface area contributed by atoms with Gasteiger partial charge in [0.1, 0.15) is 23.1 Å². The fourth-order valence-electron chi connectivity index (χ4n) is 4.30. The summed E-state index contributed by atoms with van der Waals surface area (Å²) in [5, 5.41) is 20.7. The van der Waals surface area contributed by atoms with Crippen molar-refractivity contribution in [3.8, 4) is 11.4 Å². The molecule has 0 fully saturated rings. The van der Waals surface area contributed by atoms with Crippen LogP contribution >= 0.6 is 0 Å². The molecule has 9 nitrogen and oxygen atoms in total. The van der Waals surface area contributed by atoms with Crippen molar-refractivity contribution in [2.45, 2.75) is 33.3 Å². The number of anilines is 2. The number of ether oxygens (including phenoxy) is 1. The second kappa shape index (κ2) is 10.7. The number of nitrogens with one attached hydrogen (secondary N) is 2. The fraction of sp³-hybridized carbons (Fsp3) is 0.333. The summed E-state index contributed by atoms with van der Waals surface area (Å²) in [4.78, 5) is 13.7. The quantitative estimate of drug-likeness (QED) is 0.365. The average Bonchev–Trinajstić information content (AvgIpc) is 3.19. The predicted octanol–water partition coefficient (Wildman–Crippen LogP) is 4.19. The molecule has 0 aliphatic heterocycles. The highest BCUT2D eigenvalue weighted by Gasteiger charge is 2.22. The molecular weight excluding hydrogens is 454 g/mol. The number of fused-ring (bicyclic) bond motifs is 1. The number of aryl methyl sites for hydroxylation is 2.